The number of Topliss-reactive ketones (excluding diaryl/α,β-unsaturated/α-hetero) is 1. The Morgan fingerprint density at radius 2 is 1.89 bits per heavy atom. The second-order valence-corrected chi connectivity index (χ2v) is 4.84. The zero-order valence-electron chi connectivity index (χ0n) is 9.60. The number of ketones is 1. The number of carbonyl (C=O) groups is 1. The van der Waals surface area contributed by atoms with Crippen molar-refractivity contribution in [3.05, 3.63) is 59.9 Å². The molecule has 0 aliphatic rings. The number of rotatable bonds is 4. The van der Waals surface area contributed by atoms with Gasteiger partial charge in [0.2, 0.25) is 0 Å². The van der Waals surface area contributed by atoms with E-state index in [0.717, 1.165) is 4.90 Å². The van der Waals surface area contributed by atoms with E-state index in [1.165, 1.54) is 36.0 Å². The van der Waals surface area contributed by atoms with Crippen molar-refractivity contribution in [2.75, 3.05) is 11.5 Å². The third-order valence-electron chi connectivity index (χ3n) is 2.39. The molecule has 0 saturated heterocycles. The van der Waals surface area contributed by atoms with Gasteiger partial charge >= 0.3 is 0 Å². The molecule has 18 heavy (non-hydrogen) atoms. The predicted octanol–water partition coefficient (Wildman–Crippen LogP) is 3.38. The van der Waals surface area contributed by atoms with E-state index in [-0.39, 0.29) is 11.6 Å². The summed E-state index contributed by atoms with van der Waals surface area (Å²) in [6, 6.07) is 12.9. The number of nitrogens with two attached hydrogens (primary N) is 1. The number of halogens is 1. The number of carbonyl (C=O) groups excluding carboxylic acids is 1. The number of benzene rings is 2. The molecule has 2 aromatic carbocycles. The van der Waals surface area contributed by atoms with Crippen LogP contribution in [0, 0.1) is 5.82 Å². The van der Waals surface area contributed by atoms with Crippen LogP contribution in [-0.4, -0.2) is 11.5 Å². The minimum Gasteiger partial charge on any atom is -0.399 e. The summed E-state index contributed by atoms with van der Waals surface area (Å²) >= 11 is 1.42. The molecule has 0 atom stereocenters. The van der Waals surface area contributed by atoms with Crippen molar-refractivity contribution in [1.82, 2.24) is 0 Å². The van der Waals surface area contributed by atoms with Gasteiger partial charge in [0, 0.05) is 16.1 Å². The number of anilines is 1. The summed E-state index contributed by atoms with van der Waals surface area (Å²) in [5, 5.41) is 0. The van der Waals surface area contributed by atoms with E-state index in [4.69, 9.17) is 5.73 Å². The van der Waals surface area contributed by atoms with Crippen LogP contribution in [0.2, 0.25) is 0 Å². The van der Waals surface area contributed by atoms with Gasteiger partial charge in [-0.05, 0) is 42.5 Å². The summed E-state index contributed by atoms with van der Waals surface area (Å²) in [5.74, 6) is -0.0489. The van der Waals surface area contributed by atoms with Crippen molar-refractivity contribution in [2.24, 2.45) is 0 Å². The molecule has 2 aromatic rings. The van der Waals surface area contributed by atoms with Gasteiger partial charge in [-0.2, -0.15) is 0 Å². The molecule has 0 spiro atoms. The van der Waals surface area contributed by atoms with E-state index in [0.29, 0.717) is 17.0 Å². The van der Waals surface area contributed by atoms with E-state index in [9.17, 15) is 9.18 Å². The van der Waals surface area contributed by atoms with Gasteiger partial charge in [0.1, 0.15) is 5.82 Å². The molecule has 0 amide bonds. The molecular formula is C14H12FNOS. The first kappa shape index (κ1) is 12.6. The molecule has 0 unspecified atom stereocenters. The maximum atomic E-state index is 12.7. The summed E-state index contributed by atoms with van der Waals surface area (Å²) < 4.78 is 12.7. The highest BCUT2D eigenvalue weighted by Gasteiger charge is 2.06. The molecule has 0 fully saturated rings. The molecule has 0 aliphatic carbocycles. The predicted molar refractivity (Wildman–Crippen MR) is 72.3 cm³/mol. The van der Waals surface area contributed by atoms with Crippen LogP contribution in [0.5, 0.6) is 0 Å². The Balaban J connectivity index is 1.98. The van der Waals surface area contributed by atoms with Crippen molar-refractivity contribution in [2.45, 2.75) is 4.90 Å². The van der Waals surface area contributed by atoms with Gasteiger partial charge in [0.15, 0.2) is 5.78 Å². The summed E-state index contributed by atoms with van der Waals surface area (Å²) in [7, 11) is 0. The minimum atomic E-state index is -0.338. The molecule has 4 heteroatoms. The van der Waals surface area contributed by atoms with Crippen molar-refractivity contribution < 1.29 is 9.18 Å². The molecule has 92 valence electrons. The van der Waals surface area contributed by atoms with Crippen LogP contribution in [0.4, 0.5) is 10.1 Å². The average molecular weight is 261 g/mol. The molecule has 0 bridgehead atoms. The van der Waals surface area contributed by atoms with E-state index >= 15 is 0 Å². The molecule has 0 heterocycles. The monoisotopic (exact) mass is 261 g/mol. The van der Waals surface area contributed by atoms with Crippen LogP contribution < -0.4 is 5.73 Å². The Morgan fingerprint density at radius 3 is 2.56 bits per heavy atom. The number of hydrogen-bond acceptors (Lipinski definition) is 3. The zero-order valence-corrected chi connectivity index (χ0v) is 10.4. The lowest BCUT2D eigenvalue weighted by Gasteiger charge is -2.02. The average Bonchev–Trinajstić information content (AvgIpc) is 2.37. The van der Waals surface area contributed by atoms with Gasteiger partial charge in [-0.3, -0.25) is 4.79 Å². The van der Waals surface area contributed by atoms with Crippen molar-refractivity contribution in [1.29, 1.82) is 0 Å². The first-order valence-corrected chi connectivity index (χ1v) is 6.41. The van der Waals surface area contributed by atoms with Gasteiger partial charge in [-0.25, -0.2) is 4.39 Å². The van der Waals surface area contributed by atoms with E-state index < -0.39 is 0 Å². The molecular weight excluding hydrogens is 249 g/mol. The molecule has 0 radical (unpaired) electrons. The van der Waals surface area contributed by atoms with Gasteiger partial charge in [0.25, 0.3) is 0 Å². The van der Waals surface area contributed by atoms with E-state index in [2.05, 4.69) is 0 Å². The second kappa shape index (κ2) is 5.69. The molecule has 0 aromatic heterocycles. The lowest BCUT2D eigenvalue weighted by Crippen LogP contribution is -2.02. The number of thioether (sulfide) groups is 1. The Kier molecular flexibility index (Phi) is 3.99. The minimum absolute atomic E-state index is 0.0255. The Labute approximate surface area is 109 Å². The van der Waals surface area contributed by atoms with Crippen molar-refractivity contribution >= 4 is 23.2 Å². The topological polar surface area (TPSA) is 43.1 Å². The van der Waals surface area contributed by atoms with Crippen LogP contribution in [0.25, 0.3) is 0 Å². The third kappa shape index (κ3) is 3.34. The quantitative estimate of drug-likeness (QED) is 0.521. The second-order valence-electron chi connectivity index (χ2n) is 3.79. The highest BCUT2D eigenvalue weighted by molar-refractivity contribution is 8.00. The smallest absolute Gasteiger partial charge is 0.173 e. The van der Waals surface area contributed by atoms with Gasteiger partial charge in [-0.1, -0.05) is 6.07 Å². The molecule has 2 N–H and O–H groups in total. The highest BCUT2D eigenvalue weighted by Crippen LogP contribution is 2.21. The third-order valence-corrected chi connectivity index (χ3v) is 3.39. The maximum absolute atomic E-state index is 12.7. The number of hydrogen-bond donors (Lipinski definition) is 1. The summed E-state index contributed by atoms with van der Waals surface area (Å²) in [6.45, 7) is 0. The lowest BCUT2D eigenvalue weighted by molar-refractivity contribution is 0.102. The fraction of sp³-hybridized carbons (Fsp3) is 0.0714. The van der Waals surface area contributed by atoms with Crippen LogP contribution in [-0.2, 0) is 0 Å². The fourth-order valence-corrected chi connectivity index (χ4v) is 2.33. The summed E-state index contributed by atoms with van der Waals surface area (Å²) in [4.78, 5) is 12.8. The largest absolute Gasteiger partial charge is 0.399 e. The lowest BCUT2D eigenvalue weighted by atomic mass is 10.1. The SMILES string of the molecule is Nc1cccc(SCC(=O)c2ccc(F)cc2)c1. The first-order valence-electron chi connectivity index (χ1n) is 5.42. The van der Waals surface area contributed by atoms with Crippen LogP contribution in [0.15, 0.2) is 53.4 Å². The van der Waals surface area contributed by atoms with Crippen LogP contribution in [0.1, 0.15) is 10.4 Å². The van der Waals surface area contributed by atoms with E-state index in [1.807, 2.05) is 18.2 Å². The maximum Gasteiger partial charge on any atom is 0.173 e. The first-order chi connectivity index (χ1) is 8.65. The molecule has 0 saturated carbocycles. The fourth-order valence-electron chi connectivity index (χ4n) is 1.47. The van der Waals surface area contributed by atoms with Gasteiger partial charge in [-0.15, -0.1) is 11.8 Å². The van der Waals surface area contributed by atoms with Gasteiger partial charge < -0.3 is 5.73 Å². The van der Waals surface area contributed by atoms with E-state index in [1.54, 1.807) is 6.07 Å². The standard InChI is InChI=1S/C14H12FNOS/c15-11-6-4-10(5-7-11)14(17)9-18-13-3-1-2-12(16)8-13/h1-8H,9,16H2. The normalized spacial score (nSPS) is 10.3. The van der Waals surface area contributed by atoms with Crippen LogP contribution >= 0.6 is 11.8 Å². The summed E-state index contributed by atoms with van der Waals surface area (Å²) in [5.41, 5.74) is 6.85. The summed E-state index contributed by atoms with van der Waals surface area (Å²) in [6.07, 6.45) is 0. The molecule has 2 rings (SSSR count). The Morgan fingerprint density at radius 1 is 1.17 bits per heavy atom. The molecule has 2 nitrogen and oxygen atoms in total. The zero-order chi connectivity index (χ0) is 13.0. The van der Waals surface area contributed by atoms with Gasteiger partial charge in [0.05, 0.1) is 5.75 Å². The van der Waals surface area contributed by atoms with Crippen LogP contribution in [0.3, 0.4) is 0 Å². The van der Waals surface area contributed by atoms with Crippen molar-refractivity contribution in [3.8, 4) is 0 Å². The highest BCUT2D eigenvalue weighted by atomic mass is 32.2. The van der Waals surface area contributed by atoms with Crippen molar-refractivity contribution in [3.63, 3.8) is 0 Å². The molecule has 0 aliphatic heterocycles. The number of nitrogen functional groups attached to an aromatic ring is 1. The Hall–Kier alpha value is -1.81. The Bertz CT molecular complexity index is 554.